The minimum Gasteiger partial charge on any atom is -0.396 e. The maximum Gasteiger partial charge on any atom is 0.0931 e. The van der Waals surface area contributed by atoms with Crippen molar-refractivity contribution in [1.29, 1.82) is 0 Å². The van der Waals surface area contributed by atoms with Gasteiger partial charge in [0.1, 0.15) is 0 Å². The van der Waals surface area contributed by atoms with E-state index in [1.165, 1.54) is 11.3 Å². The molecule has 0 saturated heterocycles. The molecule has 0 aromatic carbocycles. The molecule has 1 heterocycles. The minimum absolute atomic E-state index is 0.0731. The van der Waals surface area contributed by atoms with Gasteiger partial charge < -0.3 is 10.8 Å². The van der Waals surface area contributed by atoms with Gasteiger partial charge in [0.2, 0.25) is 0 Å². The predicted octanol–water partition coefficient (Wildman–Crippen LogP) is 2.42. The zero-order chi connectivity index (χ0) is 10.1. The Morgan fingerprint density at radius 3 is 2.62 bits per heavy atom. The molecule has 0 amide bonds. The summed E-state index contributed by atoms with van der Waals surface area (Å²) in [5.74, 6) is 0. The van der Waals surface area contributed by atoms with Gasteiger partial charge in [-0.05, 0) is 12.1 Å². The summed E-state index contributed by atoms with van der Waals surface area (Å²) in [4.78, 5) is 1.02. The quantitative estimate of drug-likeness (QED) is 0.820. The van der Waals surface area contributed by atoms with Crippen LogP contribution in [0.4, 0.5) is 0 Å². The van der Waals surface area contributed by atoms with Gasteiger partial charge in [-0.3, -0.25) is 0 Å². The van der Waals surface area contributed by atoms with Crippen LogP contribution in [0.15, 0.2) is 12.1 Å². The summed E-state index contributed by atoms with van der Waals surface area (Å²) in [5, 5.41) is 9.12. The fourth-order valence-electron chi connectivity index (χ4n) is 0.979. The Labute approximate surface area is 87.3 Å². The molecule has 4 heteroatoms. The number of halogens is 1. The van der Waals surface area contributed by atoms with E-state index in [2.05, 4.69) is 0 Å². The number of rotatable bonds is 3. The molecule has 0 bridgehead atoms. The van der Waals surface area contributed by atoms with E-state index in [-0.39, 0.29) is 18.1 Å². The monoisotopic (exact) mass is 219 g/mol. The molecule has 0 radical (unpaired) electrons. The van der Waals surface area contributed by atoms with Crippen LogP contribution in [0.25, 0.3) is 0 Å². The van der Waals surface area contributed by atoms with E-state index in [9.17, 15) is 0 Å². The number of thiophene rings is 1. The molecule has 0 spiro atoms. The zero-order valence-corrected chi connectivity index (χ0v) is 9.32. The first kappa shape index (κ1) is 11.0. The maximum atomic E-state index is 9.12. The fraction of sp³-hybridized carbons (Fsp3) is 0.556. The van der Waals surface area contributed by atoms with Gasteiger partial charge in [-0.25, -0.2) is 0 Å². The van der Waals surface area contributed by atoms with Crippen molar-refractivity contribution < 1.29 is 5.11 Å². The van der Waals surface area contributed by atoms with Crippen LogP contribution in [0.2, 0.25) is 4.34 Å². The number of aliphatic hydroxyl groups is 1. The van der Waals surface area contributed by atoms with Gasteiger partial charge in [-0.15, -0.1) is 11.3 Å². The lowest BCUT2D eigenvalue weighted by Crippen LogP contribution is -2.31. The first-order valence-electron chi connectivity index (χ1n) is 4.09. The van der Waals surface area contributed by atoms with Crippen LogP contribution in [0, 0.1) is 5.41 Å². The lowest BCUT2D eigenvalue weighted by molar-refractivity contribution is 0.133. The van der Waals surface area contributed by atoms with Crippen molar-refractivity contribution in [2.75, 3.05) is 6.61 Å². The molecule has 1 unspecified atom stereocenters. The summed E-state index contributed by atoms with van der Waals surface area (Å²) < 4.78 is 0.735. The van der Waals surface area contributed by atoms with E-state index in [4.69, 9.17) is 22.4 Å². The molecule has 1 aromatic heterocycles. The molecule has 74 valence electrons. The lowest BCUT2D eigenvalue weighted by atomic mass is 9.85. The molecule has 1 rings (SSSR count). The average Bonchev–Trinajstić information content (AvgIpc) is 2.50. The van der Waals surface area contributed by atoms with E-state index in [1.54, 1.807) is 0 Å². The summed E-state index contributed by atoms with van der Waals surface area (Å²) in [6.07, 6.45) is 0. The number of hydrogen-bond donors (Lipinski definition) is 2. The van der Waals surface area contributed by atoms with Gasteiger partial charge in [-0.1, -0.05) is 25.4 Å². The first-order valence-corrected chi connectivity index (χ1v) is 5.28. The highest BCUT2D eigenvalue weighted by Gasteiger charge is 2.27. The molecule has 3 N–H and O–H groups in total. The van der Waals surface area contributed by atoms with Crippen LogP contribution < -0.4 is 5.73 Å². The van der Waals surface area contributed by atoms with Crippen LogP contribution in [0.5, 0.6) is 0 Å². The van der Waals surface area contributed by atoms with Crippen LogP contribution in [0.1, 0.15) is 24.8 Å². The smallest absolute Gasteiger partial charge is 0.0931 e. The standard InChI is InChI=1S/C9H14ClNOS/c1-9(2,5-12)8(11)6-3-4-7(10)13-6/h3-4,8,12H,5,11H2,1-2H3. The molecule has 0 saturated carbocycles. The Hall–Kier alpha value is -0.0900. The maximum absolute atomic E-state index is 9.12. The molecule has 1 aromatic rings. The second kappa shape index (κ2) is 3.96. The van der Waals surface area contributed by atoms with Gasteiger partial charge in [-0.2, -0.15) is 0 Å². The summed E-state index contributed by atoms with van der Waals surface area (Å²) >= 11 is 7.27. The second-order valence-corrected chi connectivity index (χ2v) is 5.51. The molecule has 0 aliphatic rings. The van der Waals surface area contributed by atoms with Crippen molar-refractivity contribution in [1.82, 2.24) is 0 Å². The van der Waals surface area contributed by atoms with Crippen LogP contribution in [-0.4, -0.2) is 11.7 Å². The molecule has 0 fully saturated rings. The largest absolute Gasteiger partial charge is 0.396 e. The molecule has 1 atom stereocenters. The summed E-state index contributed by atoms with van der Waals surface area (Å²) in [7, 11) is 0. The number of nitrogens with two attached hydrogens (primary N) is 1. The van der Waals surface area contributed by atoms with E-state index < -0.39 is 0 Å². The van der Waals surface area contributed by atoms with Crippen molar-refractivity contribution in [2.45, 2.75) is 19.9 Å². The second-order valence-electron chi connectivity index (χ2n) is 3.77. The van der Waals surface area contributed by atoms with E-state index >= 15 is 0 Å². The Morgan fingerprint density at radius 1 is 1.62 bits per heavy atom. The van der Waals surface area contributed by atoms with E-state index in [1.807, 2.05) is 26.0 Å². The van der Waals surface area contributed by atoms with Gasteiger partial charge >= 0.3 is 0 Å². The third-order valence-electron chi connectivity index (χ3n) is 2.15. The highest BCUT2D eigenvalue weighted by atomic mass is 35.5. The third-order valence-corrected chi connectivity index (χ3v) is 3.46. The Kier molecular flexibility index (Phi) is 3.35. The normalized spacial score (nSPS) is 14.5. The van der Waals surface area contributed by atoms with Crippen molar-refractivity contribution in [3.05, 3.63) is 21.3 Å². The van der Waals surface area contributed by atoms with E-state index in [0.29, 0.717) is 0 Å². The van der Waals surface area contributed by atoms with Crippen LogP contribution >= 0.6 is 22.9 Å². The molecule has 2 nitrogen and oxygen atoms in total. The lowest BCUT2D eigenvalue weighted by Gasteiger charge is -2.28. The van der Waals surface area contributed by atoms with Gasteiger partial charge in [0, 0.05) is 16.3 Å². The summed E-state index contributed by atoms with van der Waals surface area (Å²) in [6, 6.07) is 3.58. The summed E-state index contributed by atoms with van der Waals surface area (Å²) in [6.45, 7) is 3.94. The molecular weight excluding hydrogens is 206 g/mol. The Bertz CT molecular complexity index is 285. The third kappa shape index (κ3) is 2.44. The van der Waals surface area contributed by atoms with Crippen molar-refractivity contribution in [2.24, 2.45) is 11.1 Å². The molecular formula is C9H14ClNOS. The van der Waals surface area contributed by atoms with Crippen LogP contribution in [-0.2, 0) is 0 Å². The molecule has 0 aliphatic heterocycles. The van der Waals surface area contributed by atoms with Crippen molar-refractivity contribution in [3.8, 4) is 0 Å². The SMILES string of the molecule is CC(C)(CO)C(N)c1ccc(Cl)s1. The zero-order valence-electron chi connectivity index (χ0n) is 7.75. The predicted molar refractivity (Wildman–Crippen MR) is 57.1 cm³/mol. The average molecular weight is 220 g/mol. The Morgan fingerprint density at radius 2 is 2.23 bits per heavy atom. The highest BCUT2D eigenvalue weighted by molar-refractivity contribution is 7.16. The highest BCUT2D eigenvalue weighted by Crippen LogP contribution is 2.35. The topological polar surface area (TPSA) is 46.2 Å². The van der Waals surface area contributed by atoms with Crippen molar-refractivity contribution >= 4 is 22.9 Å². The van der Waals surface area contributed by atoms with Crippen LogP contribution in [0.3, 0.4) is 0 Å². The Balaban J connectivity index is 2.84. The van der Waals surface area contributed by atoms with Crippen molar-refractivity contribution in [3.63, 3.8) is 0 Å². The van der Waals surface area contributed by atoms with Gasteiger partial charge in [0.15, 0.2) is 0 Å². The van der Waals surface area contributed by atoms with Gasteiger partial charge in [0.05, 0.1) is 10.9 Å². The first-order chi connectivity index (χ1) is 5.97. The molecule has 0 aliphatic carbocycles. The summed E-state index contributed by atoms with van der Waals surface area (Å²) in [5.41, 5.74) is 5.69. The van der Waals surface area contributed by atoms with E-state index in [0.717, 1.165) is 9.21 Å². The number of aliphatic hydroxyl groups excluding tert-OH is 1. The number of hydrogen-bond acceptors (Lipinski definition) is 3. The fourth-order valence-corrected chi connectivity index (χ4v) is 2.25. The van der Waals surface area contributed by atoms with Gasteiger partial charge in [0.25, 0.3) is 0 Å². The minimum atomic E-state index is -0.297. The molecule has 13 heavy (non-hydrogen) atoms.